The number of hydrogen-bond acceptors (Lipinski definition) is 3. The van der Waals surface area contributed by atoms with E-state index in [9.17, 15) is 4.79 Å². The summed E-state index contributed by atoms with van der Waals surface area (Å²) in [6.07, 6.45) is 0.868. The van der Waals surface area contributed by atoms with E-state index in [-0.39, 0.29) is 11.9 Å². The van der Waals surface area contributed by atoms with Crippen molar-refractivity contribution in [2.75, 3.05) is 20.2 Å². The number of benzene rings is 1. The van der Waals surface area contributed by atoms with Crippen molar-refractivity contribution in [3.63, 3.8) is 0 Å². The summed E-state index contributed by atoms with van der Waals surface area (Å²) >= 11 is 3.39. The van der Waals surface area contributed by atoms with Crippen LogP contribution in [0.5, 0.6) is 5.75 Å². The Morgan fingerprint density at radius 1 is 1.59 bits per heavy atom. The van der Waals surface area contributed by atoms with E-state index in [1.165, 1.54) is 0 Å². The number of amides is 1. The molecule has 2 N–H and O–H groups in total. The summed E-state index contributed by atoms with van der Waals surface area (Å²) in [5.41, 5.74) is 6.43. The quantitative estimate of drug-likeness (QED) is 0.903. The molecule has 1 aromatic carbocycles. The molecule has 5 heteroatoms. The molecule has 0 spiro atoms. The molecule has 1 fully saturated rings. The van der Waals surface area contributed by atoms with Gasteiger partial charge in [0.1, 0.15) is 5.75 Å². The highest BCUT2D eigenvalue weighted by atomic mass is 79.9. The van der Waals surface area contributed by atoms with Gasteiger partial charge in [-0.25, -0.2) is 0 Å². The zero-order valence-electron chi connectivity index (χ0n) is 9.65. The Kier molecular flexibility index (Phi) is 3.69. The van der Waals surface area contributed by atoms with E-state index in [2.05, 4.69) is 15.9 Å². The van der Waals surface area contributed by atoms with Crippen LogP contribution in [0.15, 0.2) is 22.7 Å². The predicted molar refractivity (Wildman–Crippen MR) is 69.2 cm³/mol. The molecule has 1 atom stereocenters. The van der Waals surface area contributed by atoms with Crippen LogP contribution in [0.4, 0.5) is 0 Å². The van der Waals surface area contributed by atoms with Crippen LogP contribution < -0.4 is 10.5 Å². The Morgan fingerprint density at radius 3 is 2.94 bits per heavy atom. The van der Waals surface area contributed by atoms with E-state index < -0.39 is 0 Å². The monoisotopic (exact) mass is 298 g/mol. The van der Waals surface area contributed by atoms with Crippen molar-refractivity contribution in [2.24, 2.45) is 5.73 Å². The summed E-state index contributed by atoms with van der Waals surface area (Å²) in [7, 11) is 1.59. The van der Waals surface area contributed by atoms with Gasteiger partial charge in [-0.15, -0.1) is 0 Å². The van der Waals surface area contributed by atoms with Crippen molar-refractivity contribution in [1.29, 1.82) is 0 Å². The van der Waals surface area contributed by atoms with Crippen LogP contribution in [0.3, 0.4) is 0 Å². The van der Waals surface area contributed by atoms with E-state index in [0.29, 0.717) is 17.9 Å². The molecule has 1 heterocycles. The smallest absolute Gasteiger partial charge is 0.255 e. The molecular weight excluding hydrogens is 284 g/mol. The molecule has 17 heavy (non-hydrogen) atoms. The largest absolute Gasteiger partial charge is 0.497 e. The summed E-state index contributed by atoms with van der Waals surface area (Å²) in [6.45, 7) is 1.35. The lowest BCUT2D eigenvalue weighted by Gasteiger charge is -2.17. The number of hydrogen-bond donors (Lipinski definition) is 1. The topological polar surface area (TPSA) is 55.6 Å². The van der Waals surface area contributed by atoms with Crippen LogP contribution in [0.2, 0.25) is 0 Å². The number of carbonyl (C=O) groups excluding carboxylic acids is 1. The highest BCUT2D eigenvalue weighted by Gasteiger charge is 2.25. The van der Waals surface area contributed by atoms with Gasteiger partial charge in [0.05, 0.1) is 12.7 Å². The lowest BCUT2D eigenvalue weighted by Crippen LogP contribution is -2.32. The van der Waals surface area contributed by atoms with Crippen LogP contribution in [-0.4, -0.2) is 37.0 Å². The number of likely N-dealkylation sites (tertiary alicyclic amines) is 1. The minimum Gasteiger partial charge on any atom is -0.497 e. The number of nitrogens with two attached hydrogens (primary N) is 1. The van der Waals surface area contributed by atoms with Gasteiger partial charge in [-0.05, 0) is 40.5 Å². The first-order valence-corrected chi connectivity index (χ1v) is 6.29. The molecule has 0 radical (unpaired) electrons. The molecule has 1 unspecified atom stereocenters. The molecule has 1 amide bonds. The molecule has 4 nitrogen and oxygen atoms in total. The number of methoxy groups -OCH3 is 1. The van der Waals surface area contributed by atoms with Crippen LogP contribution >= 0.6 is 15.9 Å². The summed E-state index contributed by atoms with van der Waals surface area (Å²) < 4.78 is 5.91. The van der Waals surface area contributed by atoms with Crippen molar-refractivity contribution in [3.8, 4) is 5.75 Å². The standard InChI is InChI=1S/C12H15BrN2O2/c1-17-9-2-3-11(13)10(6-9)12(16)15-5-4-8(14)7-15/h2-3,6,8H,4-5,7,14H2,1H3. The highest BCUT2D eigenvalue weighted by Crippen LogP contribution is 2.24. The van der Waals surface area contributed by atoms with E-state index >= 15 is 0 Å². The minimum absolute atomic E-state index is 0.00345. The van der Waals surface area contributed by atoms with Crippen LogP contribution in [0.1, 0.15) is 16.8 Å². The van der Waals surface area contributed by atoms with Gasteiger partial charge in [0.2, 0.25) is 0 Å². The second-order valence-electron chi connectivity index (χ2n) is 4.15. The average Bonchev–Trinajstić information content (AvgIpc) is 2.76. The number of halogens is 1. The lowest BCUT2D eigenvalue weighted by atomic mass is 10.2. The molecule has 2 rings (SSSR count). The number of nitrogens with zero attached hydrogens (tertiary/aromatic N) is 1. The number of rotatable bonds is 2. The zero-order valence-corrected chi connectivity index (χ0v) is 11.2. The molecule has 1 aliphatic rings. The molecule has 0 bridgehead atoms. The van der Waals surface area contributed by atoms with Crippen molar-refractivity contribution >= 4 is 21.8 Å². The van der Waals surface area contributed by atoms with E-state index in [1.807, 2.05) is 12.1 Å². The summed E-state index contributed by atoms with van der Waals surface area (Å²) in [5.74, 6) is 0.684. The van der Waals surface area contributed by atoms with Crippen LogP contribution in [-0.2, 0) is 0 Å². The SMILES string of the molecule is COc1ccc(Br)c(C(=O)N2CCC(N)C2)c1. The van der Waals surface area contributed by atoms with Gasteiger partial charge in [0.15, 0.2) is 0 Å². The summed E-state index contributed by atoms with van der Waals surface area (Å²) in [6, 6.07) is 5.48. The van der Waals surface area contributed by atoms with Crippen molar-refractivity contribution in [3.05, 3.63) is 28.2 Å². The molecule has 0 saturated carbocycles. The Hall–Kier alpha value is -1.07. The second-order valence-corrected chi connectivity index (χ2v) is 5.00. The van der Waals surface area contributed by atoms with Gasteiger partial charge in [-0.2, -0.15) is 0 Å². The van der Waals surface area contributed by atoms with Gasteiger partial charge in [-0.3, -0.25) is 4.79 Å². The predicted octanol–water partition coefficient (Wildman–Crippen LogP) is 1.63. The summed E-state index contributed by atoms with van der Waals surface area (Å²) in [5, 5.41) is 0. The minimum atomic E-state index is 0.00345. The molecule has 92 valence electrons. The van der Waals surface area contributed by atoms with Crippen LogP contribution in [0.25, 0.3) is 0 Å². The third-order valence-corrected chi connectivity index (χ3v) is 3.61. The van der Waals surface area contributed by atoms with E-state index in [0.717, 1.165) is 17.4 Å². The molecule has 1 aliphatic heterocycles. The Labute approximate surface area is 109 Å². The van der Waals surface area contributed by atoms with Gasteiger partial charge >= 0.3 is 0 Å². The number of ether oxygens (including phenoxy) is 1. The van der Waals surface area contributed by atoms with Crippen molar-refractivity contribution < 1.29 is 9.53 Å². The Morgan fingerprint density at radius 2 is 2.35 bits per heavy atom. The first kappa shape index (κ1) is 12.4. The number of carbonyl (C=O) groups is 1. The fraction of sp³-hybridized carbons (Fsp3) is 0.417. The fourth-order valence-corrected chi connectivity index (χ4v) is 2.35. The van der Waals surface area contributed by atoms with E-state index in [4.69, 9.17) is 10.5 Å². The first-order chi connectivity index (χ1) is 8.11. The van der Waals surface area contributed by atoms with Gasteiger partial charge < -0.3 is 15.4 Å². The Balaban J connectivity index is 2.24. The zero-order chi connectivity index (χ0) is 12.4. The third-order valence-electron chi connectivity index (χ3n) is 2.92. The van der Waals surface area contributed by atoms with Gasteiger partial charge in [0, 0.05) is 23.6 Å². The van der Waals surface area contributed by atoms with Gasteiger partial charge in [0.25, 0.3) is 5.91 Å². The van der Waals surface area contributed by atoms with Crippen molar-refractivity contribution in [2.45, 2.75) is 12.5 Å². The molecular formula is C12H15BrN2O2. The van der Waals surface area contributed by atoms with E-state index in [1.54, 1.807) is 18.1 Å². The normalized spacial score (nSPS) is 19.5. The highest BCUT2D eigenvalue weighted by molar-refractivity contribution is 9.10. The molecule has 0 aromatic heterocycles. The second kappa shape index (κ2) is 5.06. The van der Waals surface area contributed by atoms with Crippen LogP contribution in [0, 0.1) is 0 Å². The molecule has 1 aromatic rings. The summed E-state index contributed by atoms with van der Waals surface area (Å²) in [4.78, 5) is 14.0. The maximum absolute atomic E-state index is 12.3. The maximum atomic E-state index is 12.3. The maximum Gasteiger partial charge on any atom is 0.255 e. The lowest BCUT2D eigenvalue weighted by molar-refractivity contribution is 0.0789. The fourth-order valence-electron chi connectivity index (χ4n) is 1.94. The third kappa shape index (κ3) is 2.61. The Bertz CT molecular complexity index is 437. The first-order valence-electron chi connectivity index (χ1n) is 5.50. The molecule has 0 aliphatic carbocycles. The average molecular weight is 299 g/mol. The van der Waals surface area contributed by atoms with Crippen molar-refractivity contribution in [1.82, 2.24) is 4.90 Å². The van der Waals surface area contributed by atoms with Gasteiger partial charge in [-0.1, -0.05) is 0 Å². The molecule has 1 saturated heterocycles.